The number of nitrogens with two attached hydrogens (primary N) is 1. The zero-order chi connectivity index (χ0) is 18.2. The third kappa shape index (κ3) is 6.85. The second-order valence-electron chi connectivity index (χ2n) is 5.58. The molecule has 1 heterocycles. The van der Waals surface area contributed by atoms with Gasteiger partial charge in [-0.3, -0.25) is 4.79 Å². The van der Waals surface area contributed by atoms with Crippen LogP contribution in [0.4, 0.5) is 13.2 Å². The van der Waals surface area contributed by atoms with Gasteiger partial charge in [-0.2, -0.15) is 13.2 Å². The third-order valence-corrected chi connectivity index (χ3v) is 3.53. The van der Waals surface area contributed by atoms with Crippen LogP contribution >= 0.6 is 0 Å². The van der Waals surface area contributed by atoms with Crippen LogP contribution in [0, 0.1) is 12.3 Å². The van der Waals surface area contributed by atoms with Crippen molar-refractivity contribution in [1.29, 1.82) is 5.41 Å². The molecule has 4 nitrogen and oxygen atoms in total. The molecule has 0 bridgehead atoms. The number of aryl methyl sites for hydroxylation is 1. The van der Waals surface area contributed by atoms with Crippen LogP contribution in [0.25, 0.3) is 0 Å². The van der Waals surface area contributed by atoms with Crippen LogP contribution in [0.5, 0.6) is 0 Å². The number of allylic oxidation sites excluding steroid dienone is 2. The summed E-state index contributed by atoms with van der Waals surface area (Å²) in [6, 6.07) is 6.61. The van der Waals surface area contributed by atoms with E-state index in [-0.39, 0.29) is 5.71 Å². The van der Waals surface area contributed by atoms with Crippen molar-refractivity contribution in [3.8, 4) is 0 Å². The summed E-state index contributed by atoms with van der Waals surface area (Å²) in [5, 5.41) is 7.45. The lowest BCUT2D eigenvalue weighted by molar-refractivity contribution is -0.118. The van der Waals surface area contributed by atoms with Crippen molar-refractivity contribution in [3.63, 3.8) is 0 Å². The van der Waals surface area contributed by atoms with Gasteiger partial charge in [-0.05, 0) is 37.8 Å². The molecule has 1 amide bonds. The SMILES string of the molecule is Cc1ccc(C(=N)/C=C(\N)C(F)(F)F)cc1.O=CN1CCCCC1. The van der Waals surface area contributed by atoms with Crippen molar-refractivity contribution in [2.45, 2.75) is 32.4 Å². The molecule has 0 unspecified atom stereocenters. The van der Waals surface area contributed by atoms with Crippen LogP contribution in [0.15, 0.2) is 36.0 Å². The number of hydrogen-bond donors (Lipinski definition) is 2. The first-order chi connectivity index (χ1) is 11.2. The van der Waals surface area contributed by atoms with Gasteiger partial charge in [0.25, 0.3) is 0 Å². The molecule has 24 heavy (non-hydrogen) atoms. The minimum Gasteiger partial charge on any atom is -0.395 e. The van der Waals surface area contributed by atoms with Gasteiger partial charge in [-0.25, -0.2) is 0 Å². The highest BCUT2D eigenvalue weighted by Gasteiger charge is 2.31. The number of benzene rings is 1. The number of carbonyl (C=O) groups excluding carboxylic acids is 1. The van der Waals surface area contributed by atoms with Gasteiger partial charge < -0.3 is 16.0 Å². The normalized spacial score (nSPS) is 15.3. The zero-order valence-corrected chi connectivity index (χ0v) is 13.6. The van der Waals surface area contributed by atoms with Crippen molar-refractivity contribution >= 4 is 12.1 Å². The molecule has 3 N–H and O–H groups in total. The fraction of sp³-hybridized carbons (Fsp3) is 0.412. The van der Waals surface area contributed by atoms with E-state index < -0.39 is 11.9 Å². The Morgan fingerprint density at radius 1 is 1.17 bits per heavy atom. The highest BCUT2D eigenvalue weighted by molar-refractivity contribution is 6.06. The number of likely N-dealkylation sites (tertiary alicyclic amines) is 1. The Bertz CT molecular complexity index is 574. The maximum Gasteiger partial charge on any atom is 0.430 e. The number of hydrogen-bond acceptors (Lipinski definition) is 3. The minimum absolute atomic E-state index is 0.255. The van der Waals surface area contributed by atoms with Crippen LogP contribution in [0.3, 0.4) is 0 Å². The second kappa shape index (κ2) is 9.10. The highest BCUT2D eigenvalue weighted by Crippen LogP contribution is 2.21. The van der Waals surface area contributed by atoms with Crippen LogP contribution in [-0.2, 0) is 4.79 Å². The fourth-order valence-corrected chi connectivity index (χ4v) is 2.08. The van der Waals surface area contributed by atoms with Crippen LogP contribution in [-0.4, -0.2) is 36.3 Å². The second-order valence-corrected chi connectivity index (χ2v) is 5.58. The van der Waals surface area contributed by atoms with E-state index in [0.717, 1.165) is 25.1 Å². The average Bonchev–Trinajstić information content (AvgIpc) is 2.56. The van der Waals surface area contributed by atoms with Crippen molar-refractivity contribution in [3.05, 3.63) is 47.2 Å². The molecule has 2 rings (SSSR count). The van der Waals surface area contributed by atoms with Gasteiger partial charge in [0.1, 0.15) is 5.70 Å². The number of halogens is 3. The number of piperidine rings is 1. The first-order valence-corrected chi connectivity index (χ1v) is 7.63. The summed E-state index contributed by atoms with van der Waals surface area (Å²) >= 11 is 0. The van der Waals surface area contributed by atoms with Crippen molar-refractivity contribution < 1.29 is 18.0 Å². The standard InChI is InChI=1S/C11H11F3N2.C6H11NO/c1-7-2-4-8(5-3-7)9(15)6-10(16)11(12,13)14;8-6-7-4-2-1-3-5-7/h2-6,15H,16H2,1H3;6H,1-5H2/b10-6-,15-9?;. The Balaban J connectivity index is 0.000000300. The highest BCUT2D eigenvalue weighted by atomic mass is 19.4. The molecule has 0 radical (unpaired) electrons. The van der Waals surface area contributed by atoms with E-state index >= 15 is 0 Å². The molecule has 0 atom stereocenters. The first kappa shape index (κ1) is 19.7. The average molecular weight is 341 g/mol. The van der Waals surface area contributed by atoms with Crippen LogP contribution in [0.1, 0.15) is 30.4 Å². The zero-order valence-electron chi connectivity index (χ0n) is 13.6. The van der Waals surface area contributed by atoms with E-state index in [1.807, 2.05) is 11.8 Å². The van der Waals surface area contributed by atoms with E-state index in [1.165, 1.54) is 19.3 Å². The molecule has 1 aromatic carbocycles. The van der Waals surface area contributed by atoms with E-state index in [0.29, 0.717) is 11.6 Å². The topological polar surface area (TPSA) is 70.2 Å². The third-order valence-electron chi connectivity index (χ3n) is 3.53. The summed E-state index contributed by atoms with van der Waals surface area (Å²) in [7, 11) is 0. The first-order valence-electron chi connectivity index (χ1n) is 7.63. The number of alkyl halides is 3. The molecule has 0 aliphatic carbocycles. The Morgan fingerprint density at radius 3 is 2.12 bits per heavy atom. The Kier molecular flexibility index (Phi) is 7.48. The number of nitrogens with zero attached hydrogens (tertiary/aromatic N) is 1. The van der Waals surface area contributed by atoms with Gasteiger partial charge in [0.2, 0.25) is 6.41 Å². The van der Waals surface area contributed by atoms with Gasteiger partial charge in [-0.1, -0.05) is 29.8 Å². The lowest BCUT2D eigenvalue weighted by Crippen LogP contribution is -2.27. The molecule has 1 saturated heterocycles. The lowest BCUT2D eigenvalue weighted by Gasteiger charge is -2.21. The smallest absolute Gasteiger partial charge is 0.395 e. The fourth-order valence-electron chi connectivity index (χ4n) is 2.08. The van der Waals surface area contributed by atoms with Gasteiger partial charge in [0.15, 0.2) is 0 Å². The lowest BCUT2D eigenvalue weighted by atomic mass is 10.1. The Hall–Kier alpha value is -2.31. The molecule has 1 aromatic rings. The van der Waals surface area contributed by atoms with E-state index in [4.69, 9.17) is 11.1 Å². The molecule has 7 heteroatoms. The molecule has 0 saturated carbocycles. The summed E-state index contributed by atoms with van der Waals surface area (Å²) < 4.78 is 36.3. The Morgan fingerprint density at radius 2 is 1.71 bits per heavy atom. The predicted molar refractivity (Wildman–Crippen MR) is 87.8 cm³/mol. The quantitative estimate of drug-likeness (QED) is 0.653. The summed E-state index contributed by atoms with van der Waals surface area (Å²) in [4.78, 5) is 11.9. The van der Waals surface area contributed by atoms with Gasteiger partial charge >= 0.3 is 6.18 Å². The molecular formula is C17H22F3N3O. The summed E-state index contributed by atoms with van der Waals surface area (Å²) in [5.74, 6) is 0. The van der Waals surface area contributed by atoms with E-state index in [1.54, 1.807) is 24.3 Å². The molecule has 1 aliphatic rings. The number of amides is 1. The van der Waals surface area contributed by atoms with Crippen LogP contribution in [0.2, 0.25) is 0 Å². The van der Waals surface area contributed by atoms with Crippen molar-refractivity contribution in [2.24, 2.45) is 5.73 Å². The van der Waals surface area contributed by atoms with Gasteiger partial charge in [-0.15, -0.1) is 0 Å². The monoisotopic (exact) mass is 341 g/mol. The predicted octanol–water partition coefficient (Wildman–Crippen LogP) is 3.40. The number of carbonyl (C=O) groups is 1. The minimum atomic E-state index is -4.59. The maximum absolute atomic E-state index is 12.1. The molecule has 1 fully saturated rings. The van der Waals surface area contributed by atoms with Crippen molar-refractivity contribution in [1.82, 2.24) is 4.90 Å². The van der Waals surface area contributed by atoms with Crippen LogP contribution < -0.4 is 5.73 Å². The van der Waals surface area contributed by atoms with Gasteiger partial charge in [0.05, 0.1) is 5.71 Å². The number of nitrogens with one attached hydrogen (secondary N) is 1. The molecule has 0 aromatic heterocycles. The maximum atomic E-state index is 12.1. The molecule has 0 spiro atoms. The van der Waals surface area contributed by atoms with Crippen molar-refractivity contribution in [2.75, 3.05) is 13.1 Å². The molecular weight excluding hydrogens is 319 g/mol. The summed E-state index contributed by atoms with van der Waals surface area (Å²) in [6.45, 7) is 3.81. The summed E-state index contributed by atoms with van der Waals surface area (Å²) in [6.07, 6.45) is 0.655. The molecule has 1 aliphatic heterocycles. The summed E-state index contributed by atoms with van der Waals surface area (Å²) in [5.41, 5.74) is 4.67. The molecule has 132 valence electrons. The van der Waals surface area contributed by atoms with E-state index in [2.05, 4.69) is 0 Å². The van der Waals surface area contributed by atoms with Gasteiger partial charge in [0, 0.05) is 13.1 Å². The largest absolute Gasteiger partial charge is 0.430 e. The number of rotatable bonds is 3. The van der Waals surface area contributed by atoms with E-state index in [9.17, 15) is 18.0 Å². The Labute approximate surface area is 139 Å².